The van der Waals surface area contributed by atoms with Crippen molar-refractivity contribution in [1.82, 2.24) is 20.2 Å². The van der Waals surface area contributed by atoms with Gasteiger partial charge in [0.1, 0.15) is 54.8 Å². The molecule has 2 amide bonds. The minimum absolute atomic E-state index is 0.153. The summed E-state index contributed by atoms with van der Waals surface area (Å²) in [6.07, 6.45) is -3.32. The summed E-state index contributed by atoms with van der Waals surface area (Å²) in [5, 5.41) is 80.9. The van der Waals surface area contributed by atoms with Gasteiger partial charge in [0.15, 0.2) is 18.8 Å². The Balaban J connectivity index is 1.44. The molecule has 19 heteroatoms. The van der Waals surface area contributed by atoms with Gasteiger partial charge in [-0.2, -0.15) is 0 Å². The molecule has 19 nitrogen and oxygen atoms in total. The standard InChI is InChI=1S/C40H66N4O15/c1-21(2)15-13-11-9-7-5-6-8-10-12-14-16-26(47)42-29-33(52)30(49)24(56-39(29)59-38-28(41-23(4)46)32(51)31(50)25(20-45)57-38)19-22(3)36-34(53)35(54)37(58-36)44-18-17-27(48)43-40(44)55/h14,16-18,21-22,24-25,28-39,45,49-54H,5-13,15,19-20H2,1-4H3,(H,41,46)(H,42,47)(H,43,48,55)/b16-14+/t22-,24-,25+,28-,29-,30+,31+,32-,33-,34+,35-,36-,37-,38+,39+/m1/s1. The van der Waals surface area contributed by atoms with Crippen LogP contribution >= 0.6 is 0 Å². The van der Waals surface area contributed by atoms with Crippen molar-refractivity contribution in [1.29, 1.82) is 0 Å². The molecule has 0 saturated carbocycles. The van der Waals surface area contributed by atoms with Gasteiger partial charge in [0.2, 0.25) is 11.8 Å². The zero-order valence-corrected chi connectivity index (χ0v) is 34.4. The molecule has 1 aromatic heterocycles. The molecule has 0 bridgehead atoms. The van der Waals surface area contributed by atoms with Crippen LogP contribution in [0.5, 0.6) is 0 Å². The number of rotatable bonds is 21. The van der Waals surface area contributed by atoms with Crippen LogP contribution < -0.4 is 21.9 Å². The maximum absolute atomic E-state index is 13.2. The number of aliphatic hydroxyl groups is 7. The SMILES string of the molecule is CC(=O)N[C@H]1[C@H](O[C@@H]2O[C@H](C[C@@H](C)[C@H]3O[C@@H](n4ccc(=O)[nH]c4=O)[C@H](O)[C@@H]3O)[C@H](O)[C@H](O)[C@H]2NC(=O)/C=C/CCCCCCCCCCC(C)C)O[C@@H](CO)[C@H](O)[C@@H]1O. The molecule has 10 N–H and O–H groups in total. The third-order valence-electron chi connectivity index (χ3n) is 11.3. The molecule has 3 aliphatic rings. The van der Waals surface area contributed by atoms with E-state index in [1.807, 2.05) is 0 Å². The summed E-state index contributed by atoms with van der Waals surface area (Å²) in [5.41, 5.74) is -1.55. The molecular weight excluding hydrogens is 776 g/mol. The number of carbonyl (C=O) groups excluding carboxylic acids is 2. The minimum Gasteiger partial charge on any atom is -0.394 e. The molecule has 3 aliphatic heterocycles. The van der Waals surface area contributed by atoms with Crippen molar-refractivity contribution in [2.24, 2.45) is 11.8 Å². The molecule has 1 aromatic rings. The predicted molar refractivity (Wildman–Crippen MR) is 210 cm³/mol. The molecule has 3 fully saturated rings. The highest BCUT2D eigenvalue weighted by atomic mass is 16.8. The first-order valence-electron chi connectivity index (χ1n) is 20.9. The van der Waals surface area contributed by atoms with Crippen LogP contribution in [0.25, 0.3) is 0 Å². The Morgan fingerprint density at radius 2 is 1.37 bits per heavy atom. The molecule has 0 spiro atoms. The van der Waals surface area contributed by atoms with E-state index >= 15 is 0 Å². The van der Waals surface area contributed by atoms with Crippen molar-refractivity contribution in [3.05, 3.63) is 45.3 Å². The van der Waals surface area contributed by atoms with E-state index in [1.165, 1.54) is 38.2 Å². The average Bonchev–Trinajstić information content (AvgIpc) is 3.47. The molecule has 59 heavy (non-hydrogen) atoms. The number of H-pyrrole nitrogens is 1. The summed E-state index contributed by atoms with van der Waals surface area (Å²) in [5.74, 6) is -1.27. The fourth-order valence-electron chi connectivity index (χ4n) is 7.91. The fourth-order valence-corrected chi connectivity index (χ4v) is 7.91. The van der Waals surface area contributed by atoms with Gasteiger partial charge in [0, 0.05) is 19.2 Å². The van der Waals surface area contributed by atoms with Gasteiger partial charge >= 0.3 is 5.69 Å². The smallest absolute Gasteiger partial charge is 0.330 e. The van der Waals surface area contributed by atoms with Crippen molar-refractivity contribution >= 4 is 11.8 Å². The number of unbranched alkanes of at least 4 members (excludes halogenated alkanes) is 8. The molecule has 0 unspecified atom stereocenters. The number of ether oxygens (including phenoxy) is 4. The second-order valence-corrected chi connectivity index (χ2v) is 16.5. The monoisotopic (exact) mass is 842 g/mol. The Hall–Kier alpha value is -3.08. The highest BCUT2D eigenvalue weighted by molar-refractivity contribution is 5.87. The summed E-state index contributed by atoms with van der Waals surface area (Å²) in [6.45, 7) is 6.49. The first kappa shape index (κ1) is 48.6. The number of nitrogens with one attached hydrogen (secondary N) is 3. The second kappa shape index (κ2) is 23.2. The van der Waals surface area contributed by atoms with Gasteiger partial charge in [-0.15, -0.1) is 0 Å². The maximum atomic E-state index is 13.2. The molecule has 336 valence electrons. The van der Waals surface area contributed by atoms with Crippen LogP contribution in [0.2, 0.25) is 0 Å². The Morgan fingerprint density at radius 1 is 0.797 bits per heavy atom. The molecule has 4 rings (SSSR count). The molecule has 0 aliphatic carbocycles. The normalized spacial score (nSPS) is 34.3. The number of carbonyl (C=O) groups is 2. The number of allylic oxidation sites excluding steroid dienone is 1. The number of amides is 2. The van der Waals surface area contributed by atoms with Crippen LogP contribution in [0.3, 0.4) is 0 Å². The van der Waals surface area contributed by atoms with E-state index in [0.29, 0.717) is 6.42 Å². The van der Waals surface area contributed by atoms with E-state index in [1.54, 1.807) is 13.0 Å². The third kappa shape index (κ3) is 13.5. The highest BCUT2D eigenvalue weighted by Gasteiger charge is 2.53. The van der Waals surface area contributed by atoms with E-state index in [-0.39, 0.29) is 6.42 Å². The van der Waals surface area contributed by atoms with Crippen LogP contribution in [0.1, 0.15) is 105 Å². The van der Waals surface area contributed by atoms with Gasteiger partial charge in [0.25, 0.3) is 5.56 Å². The maximum Gasteiger partial charge on any atom is 0.330 e. The van der Waals surface area contributed by atoms with Gasteiger partial charge in [-0.1, -0.05) is 78.2 Å². The molecule has 15 atom stereocenters. The Bertz CT molecular complexity index is 1610. The van der Waals surface area contributed by atoms with Crippen molar-refractivity contribution in [2.75, 3.05) is 6.61 Å². The van der Waals surface area contributed by atoms with E-state index in [0.717, 1.165) is 55.4 Å². The molecule has 0 aromatic carbocycles. The zero-order valence-electron chi connectivity index (χ0n) is 34.4. The Labute approximate surface area is 343 Å². The van der Waals surface area contributed by atoms with E-state index in [2.05, 4.69) is 29.5 Å². The van der Waals surface area contributed by atoms with Gasteiger partial charge in [-0.3, -0.25) is 23.9 Å². The van der Waals surface area contributed by atoms with Gasteiger partial charge < -0.3 is 65.3 Å². The lowest BCUT2D eigenvalue weighted by atomic mass is 9.87. The number of aromatic nitrogens is 2. The topological polar surface area (TPSA) is 292 Å². The number of hydrogen-bond acceptors (Lipinski definition) is 15. The zero-order chi connectivity index (χ0) is 43.4. The quantitative estimate of drug-likeness (QED) is 0.0535. The summed E-state index contributed by atoms with van der Waals surface area (Å²) >= 11 is 0. The Morgan fingerprint density at radius 3 is 1.97 bits per heavy atom. The third-order valence-corrected chi connectivity index (χ3v) is 11.3. The lowest BCUT2D eigenvalue weighted by Crippen LogP contribution is -2.68. The van der Waals surface area contributed by atoms with Crippen molar-refractivity contribution < 1.29 is 64.3 Å². The summed E-state index contributed by atoms with van der Waals surface area (Å²) in [4.78, 5) is 51.3. The van der Waals surface area contributed by atoms with Gasteiger partial charge in [-0.25, -0.2) is 4.79 Å². The summed E-state index contributed by atoms with van der Waals surface area (Å²) in [7, 11) is 0. The summed E-state index contributed by atoms with van der Waals surface area (Å²) in [6, 6.07) is -1.82. The predicted octanol–water partition coefficient (Wildman–Crippen LogP) is -0.813. The first-order chi connectivity index (χ1) is 28.0. The minimum atomic E-state index is -1.74. The fraction of sp³-hybridized carbons (Fsp3) is 0.800. The van der Waals surface area contributed by atoms with Crippen LogP contribution in [0.4, 0.5) is 0 Å². The largest absolute Gasteiger partial charge is 0.394 e. The van der Waals surface area contributed by atoms with Crippen molar-refractivity contribution in [3.63, 3.8) is 0 Å². The first-order valence-corrected chi connectivity index (χ1v) is 20.9. The van der Waals surface area contributed by atoms with Crippen molar-refractivity contribution in [3.8, 4) is 0 Å². The second-order valence-electron chi connectivity index (χ2n) is 16.5. The van der Waals surface area contributed by atoms with Crippen LogP contribution in [-0.4, -0.2) is 143 Å². The van der Waals surface area contributed by atoms with Gasteiger partial charge in [0.05, 0.1) is 18.8 Å². The number of aliphatic hydroxyl groups excluding tert-OH is 7. The lowest BCUT2D eigenvalue weighted by molar-refractivity contribution is -0.346. The molecular formula is C40H66N4O15. The number of nitrogens with zero attached hydrogens (tertiary/aromatic N) is 1. The molecule has 0 radical (unpaired) electrons. The number of hydrogen-bond donors (Lipinski definition) is 10. The van der Waals surface area contributed by atoms with E-state index in [4.69, 9.17) is 18.9 Å². The number of aromatic amines is 1. The molecule has 3 saturated heterocycles. The van der Waals surface area contributed by atoms with Gasteiger partial charge in [-0.05, 0) is 37.2 Å². The Kier molecular flexibility index (Phi) is 19.1. The van der Waals surface area contributed by atoms with E-state index in [9.17, 15) is 54.9 Å². The van der Waals surface area contributed by atoms with Crippen LogP contribution in [-0.2, 0) is 28.5 Å². The average molecular weight is 843 g/mol. The summed E-state index contributed by atoms with van der Waals surface area (Å²) < 4.78 is 24.8. The highest BCUT2D eigenvalue weighted by Crippen LogP contribution is 2.36. The molecule has 4 heterocycles. The van der Waals surface area contributed by atoms with Crippen molar-refractivity contribution in [2.45, 2.75) is 184 Å². The lowest BCUT2D eigenvalue weighted by Gasteiger charge is -2.47. The van der Waals surface area contributed by atoms with E-state index < -0.39 is 121 Å². The van der Waals surface area contributed by atoms with Crippen LogP contribution in [0.15, 0.2) is 34.0 Å². The van der Waals surface area contributed by atoms with Crippen LogP contribution in [0, 0.1) is 11.8 Å².